The van der Waals surface area contributed by atoms with E-state index in [1.807, 2.05) is 0 Å². The number of sulfonamides is 1. The molecule has 0 heterocycles. The molecule has 5 heteroatoms. The first-order valence-corrected chi connectivity index (χ1v) is 9.33. The van der Waals surface area contributed by atoms with Gasteiger partial charge in [-0.2, -0.15) is 4.31 Å². The second kappa shape index (κ2) is 6.55. The minimum atomic E-state index is -3.03. The molecule has 0 radical (unpaired) electrons. The maximum absolute atomic E-state index is 12.4. The van der Waals surface area contributed by atoms with Crippen LogP contribution in [0.5, 0.6) is 0 Å². The largest absolute Gasteiger partial charge is 0.314 e. The predicted octanol–water partition coefficient (Wildman–Crippen LogP) is 1.97. The lowest BCUT2D eigenvalue weighted by Crippen LogP contribution is -2.37. The van der Waals surface area contributed by atoms with Gasteiger partial charge < -0.3 is 5.32 Å². The molecule has 0 aromatic rings. The molecule has 0 aliphatic heterocycles. The Labute approximate surface area is 118 Å². The quantitative estimate of drug-likeness (QED) is 0.625. The fourth-order valence-corrected chi connectivity index (χ4v) is 4.33. The first kappa shape index (κ1) is 15.3. The van der Waals surface area contributed by atoms with Crippen molar-refractivity contribution >= 4 is 10.0 Å². The molecule has 0 saturated heterocycles. The molecule has 19 heavy (non-hydrogen) atoms. The van der Waals surface area contributed by atoms with Crippen molar-refractivity contribution < 1.29 is 8.42 Å². The van der Waals surface area contributed by atoms with Crippen molar-refractivity contribution in [2.75, 3.05) is 18.8 Å². The summed E-state index contributed by atoms with van der Waals surface area (Å²) < 4.78 is 26.5. The molecule has 0 spiro atoms. The minimum absolute atomic E-state index is 0.303. The van der Waals surface area contributed by atoms with Gasteiger partial charge in [0, 0.05) is 18.6 Å². The molecule has 0 amide bonds. The summed E-state index contributed by atoms with van der Waals surface area (Å²) in [6.07, 6.45) is 6.44. The van der Waals surface area contributed by atoms with Crippen LogP contribution >= 0.6 is 0 Å². The number of nitrogens with zero attached hydrogens (tertiary/aromatic N) is 1. The molecular formula is C14H28N2O2S. The lowest BCUT2D eigenvalue weighted by molar-refractivity contribution is 0.359. The molecule has 0 bridgehead atoms. The Bertz CT molecular complexity index is 373. The van der Waals surface area contributed by atoms with Crippen LogP contribution in [-0.4, -0.2) is 43.6 Å². The Morgan fingerprint density at radius 1 is 1.16 bits per heavy atom. The van der Waals surface area contributed by atoms with E-state index in [-0.39, 0.29) is 0 Å². The highest BCUT2D eigenvalue weighted by molar-refractivity contribution is 7.89. The minimum Gasteiger partial charge on any atom is -0.314 e. The molecule has 2 saturated carbocycles. The van der Waals surface area contributed by atoms with Gasteiger partial charge in [-0.15, -0.1) is 0 Å². The zero-order valence-corrected chi connectivity index (χ0v) is 13.1. The van der Waals surface area contributed by atoms with Gasteiger partial charge in [-0.1, -0.05) is 13.8 Å². The van der Waals surface area contributed by atoms with Gasteiger partial charge in [0.15, 0.2) is 0 Å². The first-order chi connectivity index (χ1) is 8.99. The summed E-state index contributed by atoms with van der Waals surface area (Å²) in [5.41, 5.74) is 0. The number of hydrogen-bond donors (Lipinski definition) is 1. The van der Waals surface area contributed by atoms with Gasteiger partial charge in [0.2, 0.25) is 10.0 Å². The molecule has 2 rings (SSSR count). The molecule has 2 aliphatic carbocycles. The van der Waals surface area contributed by atoms with Gasteiger partial charge in [-0.25, -0.2) is 8.42 Å². The van der Waals surface area contributed by atoms with Crippen molar-refractivity contribution in [2.24, 2.45) is 5.92 Å². The molecule has 2 aliphatic rings. The summed E-state index contributed by atoms with van der Waals surface area (Å²) in [5.74, 6) is 0.731. The summed E-state index contributed by atoms with van der Waals surface area (Å²) in [6.45, 7) is 5.83. The smallest absolute Gasteiger partial charge is 0.214 e. The second-order valence-electron chi connectivity index (χ2n) is 6.45. The van der Waals surface area contributed by atoms with Crippen molar-refractivity contribution in [3.63, 3.8) is 0 Å². The first-order valence-electron chi connectivity index (χ1n) is 7.72. The Balaban J connectivity index is 1.71. The summed E-state index contributed by atoms with van der Waals surface area (Å²) in [7, 11) is -3.03. The monoisotopic (exact) mass is 288 g/mol. The van der Waals surface area contributed by atoms with Gasteiger partial charge in [0.1, 0.15) is 0 Å². The highest BCUT2D eigenvalue weighted by atomic mass is 32.2. The lowest BCUT2D eigenvalue weighted by atomic mass is 10.2. The Kier molecular flexibility index (Phi) is 5.26. The maximum Gasteiger partial charge on any atom is 0.214 e. The zero-order chi connectivity index (χ0) is 13.9. The van der Waals surface area contributed by atoms with Crippen LogP contribution < -0.4 is 5.32 Å². The van der Waals surface area contributed by atoms with Crippen molar-refractivity contribution in [1.82, 2.24) is 9.62 Å². The van der Waals surface area contributed by atoms with E-state index in [9.17, 15) is 8.42 Å². The molecule has 0 aromatic carbocycles. The summed E-state index contributed by atoms with van der Waals surface area (Å²) in [4.78, 5) is 0. The van der Waals surface area contributed by atoms with E-state index in [0.717, 1.165) is 38.3 Å². The van der Waals surface area contributed by atoms with Crippen molar-refractivity contribution in [1.29, 1.82) is 0 Å². The molecule has 4 nitrogen and oxygen atoms in total. The van der Waals surface area contributed by atoms with E-state index < -0.39 is 10.0 Å². The van der Waals surface area contributed by atoms with Crippen LogP contribution in [0, 0.1) is 5.92 Å². The summed E-state index contributed by atoms with van der Waals surface area (Å²) >= 11 is 0. The molecule has 1 N–H and O–H groups in total. The number of rotatable bonds is 10. The van der Waals surface area contributed by atoms with E-state index in [0.29, 0.717) is 24.3 Å². The number of hydrogen-bond acceptors (Lipinski definition) is 3. The average Bonchev–Trinajstić information content (AvgIpc) is 3.18. The molecule has 0 atom stereocenters. The molecule has 0 aromatic heterocycles. The third-order valence-electron chi connectivity index (χ3n) is 3.70. The standard InChI is InChI=1S/C14H28N2O2S/c1-12(2)11-16(14-7-8-14)19(17,18)10-4-3-9-15-13-5-6-13/h12-15H,3-11H2,1-2H3. The zero-order valence-electron chi connectivity index (χ0n) is 12.3. The van der Waals surface area contributed by atoms with Gasteiger partial charge in [-0.3, -0.25) is 0 Å². The molecular weight excluding hydrogens is 260 g/mol. The van der Waals surface area contributed by atoms with E-state index in [1.54, 1.807) is 4.31 Å². The van der Waals surface area contributed by atoms with Crippen LogP contribution in [0.1, 0.15) is 52.4 Å². The second-order valence-corrected chi connectivity index (χ2v) is 8.49. The fraction of sp³-hybridized carbons (Fsp3) is 1.00. The predicted molar refractivity (Wildman–Crippen MR) is 78.6 cm³/mol. The summed E-state index contributed by atoms with van der Waals surface area (Å²) in [6, 6.07) is 1.03. The third kappa shape index (κ3) is 5.40. The average molecular weight is 288 g/mol. The Morgan fingerprint density at radius 2 is 1.84 bits per heavy atom. The third-order valence-corrected chi connectivity index (χ3v) is 5.66. The maximum atomic E-state index is 12.4. The Hall–Kier alpha value is -0.130. The lowest BCUT2D eigenvalue weighted by Gasteiger charge is -2.23. The van der Waals surface area contributed by atoms with E-state index in [2.05, 4.69) is 19.2 Å². The number of nitrogens with one attached hydrogen (secondary N) is 1. The van der Waals surface area contributed by atoms with E-state index >= 15 is 0 Å². The SMILES string of the molecule is CC(C)CN(C1CC1)S(=O)(=O)CCCCNC1CC1. The van der Waals surface area contributed by atoms with Crippen LogP contribution in [-0.2, 0) is 10.0 Å². The molecule has 0 unspecified atom stereocenters. The summed E-state index contributed by atoms with van der Waals surface area (Å²) in [5, 5.41) is 3.43. The number of unbranched alkanes of at least 4 members (excludes halogenated alkanes) is 1. The van der Waals surface area contributed by atoms with Crippen molar-refractivity contribution in [2.45, 2.75) is 64.5 Å². The van der Waals surface area contributed by atoms with Gasteiger partial charge in [0.05, 0.1) is 5.75 Å². The van der Waals surface area contributed by atoms with Crippen LogP contribution in [0.15, 0.2) is 0 Å². The van der Waals surface area contributed by atoms with Crippen molar-refractivity contribution in [3.05, 3.63) is 0 Å². The highest BCUT2D eigenvalue weighted by Gasteiger charge is 2.36. The van der Waals surface area contributed by atoms with Crippen LogP contribution in [0.3, 0.4) is 0 Å². The molecule has 2 fully saturated rings. The Morgan fingerprint density at radius 3 is 2.37 bits per heavy atom. The highest BCUT2D eigenvalue weighted by Crippen LogP contribution is 2.30. The fourth-order valence-electron chi connectivity index (χ4n) is 2.33. The van der Waals surface area contributed by atoms with Crippen LogP contribution in [0.25, 0.3) is 0 Å². The molecule has 112 valence electrons. The van der Waals surface area contributed by atoms with E-state index in [4.69, 9.17) is 0 Å². The van der Waals surface area contributed by atoms with Gasteiger partial charge in [-0.05, 0) is 51.0 Å². The van der Waals surface area contributed by atoms with Crippen LogP contribution in [0.2, 0.25) is 0 Å². The normalized spacial score (nSPS) is 20.4. The van der Waals surface area contributed by atoms with Gasteiger partial charge >= 0.3 is 0 Å². The van der Waals surface area contributed by atoms with Crippen molar-refractivity contribution in [3.8, 4) is 0 Å². The van der Waals surface area contributed by atoms with Crippen LogP contribution in [0.4, 0.5) is 0 Å². The van der Waals surface area contributed by atoms with E-state index in [1.165, 1.54) is 12.8 Å². The topological polar surface area (TPSA) is 49.4 Å². The van der Waals surface area contributed by atoms with Gasteiger partial charge in [0.25, 0.3) is 0 Å².